The highest BCUT2D eigenvalue weighted by molar-refractivity contribution is 9.10. The van der Waals surface area contributed by atoms with Crippen LogP contribution in [0.15, 0.2) is 57.5 Å². The van der Waals surface area contributed by atoms with Crippen molar-refractivity contribution in [2.75, 3.05) is 16.8 Å². The van der Waals surface area contributed by atoms with E-state index in [0.29, 0.717) is 29.8 Å². The molecule has 148 valence electrons. The van der Waals surface area contributed by atoms with Crippen LogP contribution in [0.3, 0.4) is 0 Å². The maximum Gasteiger partial charge on any atom is 0.246 e. The van der Waals surface area contributed by atoms with Crippen LogP contribution in [-0.2, 0) is 11.3 Å². The number of hydrogen-bond donors (Lipinski definition) is 2. The van der Waals surface area contributed by atoms with Gasteiger partial charge in [0.05, 0.1) is 6.54 Å². The smallest absolute Gasteiger partial charge is 0.246 e. The van der Waals surface area contributed by atoms with Gasteiger partial charge in [0.25, 0.3) is 0 Å². The number of nitrogens with zero attached hydrogens (tertiary/aromatic N) is 3. The second-order valence-corrected chi connectivity index (χ2v) is 7.85. The quantitative estimate of drug-likeness (QED) is 0.541. The number of halogens is 1. The number of hydrogen-bond acceptors (Lipinski definition) is 5. The topological polar surface area (TPSA) is 83.3 Å². The molecule has 7 nitrogen and oxygen atoms in total. The maximum absolute atomic E-state index is 11.9. The Morgan fingerprint density at radius 1 is 1.24 bits per heavy atom. The molecule has 3 aromatic rings. The normalized spacial score (nSPS) is 13.6. The summed E-state index contributed by atoms with van der Waals surface area (Å²) in [5.41, 5.74) is 2.54. The van der Waals surface area contributed by atoms with Crippen molar-refractivity contribution in [1.82, 2.24) is 15.5 Å². The highest BCUT2D eigenvalue weighted by atomic mass is 79.9. The minimum atomic E-state index is 0.153. The van der Waals surface area contributed by atoms with Crippen LogP contribution < -0.4 is 15.5 Å². The Morgan fingerprint density at radius 2 is 2.10 bits per heavy atom. The lowest BCUT2D eigenvalue weighted by molar-refractivity contribution is -0.117. The summed E-state index contributed by atoms with van der Waals surface area (Å²) in [6.07, 6.45) is 1.49. The number of amides is 1. The number of anilines is 2. The van der Waals surface area contributed by atoms with Crippen molar-refractivity contribution < 1.29 is 9.32 Å². The molecule has 2 aromatic carbocycles. The van der Waals surface area contributed by atoms with Crippen LogP contribution in [-0.4, -0.2) is 27.7 Å². The number of benzene rings is 2. The van der Waals surface area contributed by atoms with E-state index in [9.17, 15) is 4.79 Å². The van der Waals surface area contributed by atoms with E-state index in [-0.39, 0.29) is 5.91 Å². The van der Waals surface area contributed by atoms with Gasteiger partial charge >= 0.3 is 0 Å². The van der Waals surface area contributed by atoms with E-state index in [1.165, 1.54) is 0 Å². The number of carbonyl (C=O) groups excluding carboxylic acids is 1. The number of thiocarbonyl (C=S) groups is 1. The van der Waals surface area contributed by atoms with Gasteiger partial charge in [-0.1, -0.05) is 39.3 Å². The molecule has 0 atom stereocenters. The summed E-state index contributed by atoms with van der Waals surface area (Å²) in [7, 11) is 0. The van der Waals surface area contributed by atoms with Crippen LogP contribution in [0.4, 0.5) is 11.4 Å². The predicted molar refractivity (Wildman–Crippen MR) is 119 cm³/mol. The fourth-order valence-electron chi connectivity index (χ4n) is 3.08. The second kappa shape index (κ2) is 8.71. The van der Waals surface area contributed by atoms with E-state index in [1.54, 1.807) is 4.90 Å². The van der Waals surface area contributed by atoms with Crippen LogP contribution in [0, 0.1) is 0 Å². The molecule has 0 radical (unpaired) electrons. The molecule has 1 aliphatic rings. The summed E-state index contributed by atoms with van der Waals surface area (Å²) < 4.78 is 6.23. The summed E-state index contributed by atoms with van der Waals surface area (Å²) in [4.78, 5) is 18.1. The van der Waals surface area contributed by atoms with Gasteiger partial charge in [0.2, 0.25) is 17.6 Å². The highest BCUT2D eigenvalue weighted by Gasteiger charge is 2.21. The van der Waals surface area contributed by atoms with Crippen LogP contribution in [0.2, 0.25) is 0 Å². The number of carbonyl (C=O) groups is 1. The first-order valence-electron chi connectivity index (χ1n) is 9.12. The summed E-state index contributed by atoms with van der Waals surface area (Å²) in [5.74, 6) is 1.10. The average molecular weight is 472 g/mol. The van der Waals surface area contributed by atoms with Crippen LogP contribution in [0.1, 0.15) is 18.7 Å². The van der Waals surface area contributed by atoms with Gasteiger partial charge in [0, 0.05) is 34.4 Å². The van der Waals surface area contributed by atoms with Gasteiger partial charge in [-0.2, -0.15) is 4.98 Å². The molecule has 9 heteroatoms. The Morgan fingerprint density at radius 3 is 2.90 bits per heavy atom. The van der Waals surface area contributed by atoms with Crippen molar-refractivity contribution in [3.63, 3.8) is 0 Å². The van der Waals surface area contributed by atoms with E-state index in [1.807, 2.05) is 48.5 Å². The molecule has 4 rings (SSSR count). The fraction of sp³-hybridized carbons (Fsp3) is 0.200. The SMILES string of the molecule is O=C1CCCN1c1cccc(NC(=S)NCc2nc(-c3cccc(Br)c3)no2)c1. The molecule has 1 amide bonds. The van der Waals surface area contributed by atoms with Crippen molar-refractivity contribution in [3.8, 4) is 11.4 Å². The lowest BCUT2D eigenvalue weighted by atomic mass is 10.2. The monoisotopic (exact) mass is 471 g/mol. The molecule has 1 aromatic heterocycles. The molecule has 1 saturated heterocycles. The first-order chi connectivity index (χ1) is 14.1. The molecule has 29 heavy (non-hydrogen) atoms. The average Bonchev–Trinajstić information content (AvgIpc) is 3.36. The van der Waals surface area contributed by atoms with Crippen molar-refractivity contribution >= 4 is 50.5 Å². The highest BCUT2D eigenvalue weighted by Crippen LogP contribution is 2.24. The van der Waals surface area contributed by atoms with Gasteiger partial charge in [-0.05, 0) is 49.0 Å². The lowest BCUT2D eigenvalue weighted by Gasteiger charge is -2.17. The van der Waals surface area contributed by atoms with Gasteiger partial charge in [0.15, 0.2) is 5.11 Å². The standard InChI is InChI=1S/C20H18BrN5O2S/c21-14-5-1-4-13(10-14)19-24-17(28-25-19)12-22-20(29)23-15-6-2-7-16(11-15)26-9-3-8-18(26)27/h1-2,4-7,10-11H,3,8-9,12H2,(H2,22,23,29). The van der Waals surface area contributed by atoms with E-state index in [4.69, 9.17) is 16.7 Å². The third-order valence-electron chi connectivity index (χ3n) is 4.44. The van der Waals surface area contributed by atoms with Gasteiger partial charge in [-0.3, -0.25) is 4.79 Å². The largest absolute Gasteiger partial charge is 0.353 e. The summed E-state index contributed by atoms with van der Waals surface area (Å²) in [5, 5.41) is 10.6. The van der Waals surface area contributed by atoms with Crippen LogP contribution in [0.25, 0.3) is 11.4 Å². The molecule has 0 aliphatic carbocycles. The van der Waals surface area contributed by atoms with Crippen LogP contribution >= 0.6 is 28.1 Å². The Bertz CT molecular complexity index is 1050. The first kappa shape index (κ1) is 19.5. The Labute approximate surface area is 181 Å². The minimum absolute atomic E-state index is 0.153. The van der Waals surface area contributed by atoms with Crippen molar-refractivity contribution in [2.24, 2.45) is 0 Å². The van der Waals surface area contributed by atoms with Crippen molar-refractivity contribution in [2.45, 2.75) is 19.4 Å². The van der Waals surface area contributed by atoms with Crippen LogP contribution in [0.5, 0.6) is 0 Å². The van der Waals surface area contributed by atoms with Gasteiger partial charge in [0.1, 0.15) is 0 Å². The predicted octanol–water partition coefficient (Wildman–Crippen LogP) is 4.11. The first-order valence-corrected chi connectivity index (χ1v) is 10.3. The third kappa shape index (κ3) is 4.80. The number of aromatic nitrogens is 2. The van der Waals surface area contributed by atoms with Gasteiger partial charge in [-0.25, -0.2) is 0 Å². The van der Waals surface area contributed by atoms with Gasteiger partial charge in [-0.15, -0.1) is 0 Å². The Hall–Kier alpha value is -2.78. The van der Waals surface area contributed by atoms with Crippen molar-refractivity contribution in [3.05, 3.63) is 58.9 Å². The Balaban J connectivity index is 1.34. The van der Waals surface area contributed by atoms with Gasteiger partial charge < -0.3 is 20.1 Å². The lowest BCUT2D eigenvalue weighted by Crippen LogP contribution is -2.28. The molecule has 0 saturated carbocycles. The minimum Gasteiger partial charge on any atom is -0.353 e. The molecule has 0 bridgehead atoms. The molecular weight excluding hydrogens is 454 g/mol. The van der Waals surface area contributed by atoms with E-state index >= 15 is 0 Å². The van der Waals surface area contributed by atoms with Crippen molar-refractivity contribution in [1.29, 1.82) is 0 Å². The summed E-state index contributed by atoms with van der Waals surface area (Å²) in [6.45, 7) is 1.06. The van der Waals surface area contributed by atoms with E-state index in [0.717, 1.165) is 34.4 Å². The number of nitrogens with one attached hydrogen (secondary N) is 2. The molecular formula is C20H18BrN5O2S. The zero-order chi connectivity index (χ0) is 20.2. The Kier molecular flexibility index (Phi) is 5.86. The third-order valence-corrected chi connectivity index (χ3v) is 5.18. The molecule has 2 N–H and O–H groups in total. The molecule has 0 spiro atoms. The molecule has 2 heterocycles. The van der Waals surface area contributed by atoms with E-state index < -0.39 is 0 Å². The summed E-state index contributed by atoms with van der Waals surface area (Å²) in [6, 6.07) is 15.3. The van der Waals surface area contributed by atoms with E-state index in [2.05, 4.69) is 36.7 Å². The number of rotatable bonds is 5. The molecule has 0 unspecified atom stereocenters. The molecule has 1 aliphatic heterocycles. The second-order valence-electron chi connectivity index (χ2n) is 6.53. The zero-order valence-corrected chi connectivity index (χ0v) is 17.8. The zero-order valence-electron chi connectivity index (χ0n) is 15.4. The fourth-order valence-corrected chi connectivity index (χ4v) is 3.66. The maximum atomic E-state index is 11.9. The summed E-state index contributed by atoms with van der Waals surface area (Å²) >= 11 is 8.79. The molecule has 1 fully saturated rings.